The first-order chi connectivity index (χ1) is 10.1. The van der Waals surface area contributed by atoms with Gasteiger partial charge in [-0.2, -0.15) is 0 Å². The van der Waals surface area contributed by atoms with Crippen molar-refractivity contribution >= 4 is 21.8 Å². The average Bonchev–Trinajstić information content (AvgIpc) is 3.00. The van der Waals surface area contributed by atoms with Crippen LogP contribution in [0.1, 0.15) is 22.3 Å². The van der Waals surface area contributed by atoms with Crippen LogP contribution < -0.4 is 0 Å². The Bertz CT molecular complexity index is 529. The molecular weight excluding hydrogens is 332 g/mol. The third-order valence-electron chi connectivity index (χ3n) is 4.36. The summed E-state index contributed by atoms with van der Waals surface area (Å²) in [6.45, 7) is 7.30. The summed E-state index contributed by atoms with van der Waals surface area (Å²) in [6.07, 6.45) is 1.06. The van der Waals surface area contributed by atoms with E-state index in [9.17, 15) is 4.79 Å². The highest BCUT2D eigenvalue weighted by Crippen LogP contribution is 2.24. The predicted molar refractivity (Wildman–Crippen MR) is 85.6 cm³/mol. The molecule has 0 aliphatic carbocycles. The van der Waals surface area contributed by atoms with E-state index in [0.717, 1.165) is 61.4 Å². The molecule has 2 aliphatic rings. The quantitative estimate of drug-likeness (QED) is 0.818. The average molecular weight is 353 g/mol. The number of halogens is 1. The molecule has 0 spiro atoms. The number of benzene rings is 1. The van der Waals surface area contributed by atoms with Crippen molar-refractivity contribution < 1.29 is 9.53 Å². The largest absolute Gasteiger partial charge is 0.379 e. The minimum atomic E-state index is 0.140. The van der Waals surface area contributed by atoms with Gasteiger partial charge in [-0.3, -0.25) is 9.69 Å². The van der Waals surface area contributed by atoms with E-state index in [1.807, 2.05) is 30.0 Å². The van der Waals surface area contributed by atoms with Gasteiger partial charge in [0.2, 0.25) is 0 Å². The molecule has 0 radical (unpaired) electrons. The molecule has 0 saturated carbocycles. The molecule has 1 amide bonds. The molecule has 2 aliphatic heterocycles. The van der Waals surface area contributed by atoms with Crippen LogP contribution in [-0.4, -0.2) is 61.1 Å². The number of carbonyl (C=O) groups excluding carboxylic acids is 1. The maximum Gasteiger partial charge on any atom is 0.255 e. The van der Waals surface area contributed by atoms with Gasteiger partial charge >= 0.3 is 0 Å². The monoisotopic (exact) mass is 352 g/mol. The molecule has 1 aromatic rings. The Balaban J connectivity index is 1.67. The maximum absolute atomic E-state index is 12.7. The van der Waals surface area contributed by atoms with E-state index in [4.69, 9.17) is 4.74 Å². The van der Waals surface area contributed by atoms with Crippen molar-refractivity contribution in [2.75, 3.05) is 39.4 Å². The minimum absolute atomic E-state index is 0.140. The number of ether oxygens (including phenoxy) is 1. The van der Waals surface area contributed by atoms with Crippen LogP contribution in [0, 0.1) is 6.92 Å². The van der Waals surface area contributed by atoms with Gasteiger partial charge in [0.05, 0.1) is 18.8 Å². The number of likely N-dealkylation sites (tertiary alicyclic amines) is 1. The molecule has 1 unspecified atom stereocenters. The maximum atomic E-state index is 12.7. The van der Waals surface area contributed by atoms with E-state index >= 15 is 0 Å². The molecular formula is C16H21BrN2O2. The van der Waals surface area contributed by atoms with Crippen molar-refractivity contribution in [3.8, 4) is 0 Å². The van der Waals surface area contributed by atoms with Crippen molar-refractivity contribution in [1.82, 2.24) is 9.80 Å². The van der Waals surface area contributed by atoms with E-state index < -0.39 is 0 Å². The van der Waals surface area contributed by atoms with Gasteiger partial charge in [-0.1, -0.05) is 11.6 Å². The van der Waals surface area contributed by atoms with E-state index in [1.54, 1.807) is 0 Å². The first-order valence-electron chi connectivity index (χ1n) is 7.52. The van der Waals surface area contributed by atoms with Gasteiger partial charge in [0, 0.05) is 36.7 Å². The lowest BCUT2D eigenvalue weighted by Gasteiger charge is -2.32. The highest BCUT2D eigenvalue weighted by molar-refractivity contribution is 9.10. The number of rotatable bonds is 2. The second-order valence-electron chi connectivity index (χ2n) is 5.83. The van der Waals surface area contributed by atoms with Crippen molar-refractivity contribution in [2.24, 2.45) is 0 Å². The third kappa shape index (κ3) is 3.30. The summed E-state index contributed by atoms with van der Waals surface area (Å²) in [5.74, 6) is 0.140. The molecule has 1 aromatic carbocycles. The number of hydrogen-bond acceptors (Lipinski definition) is 3. The van der Waals surface area contributed by atoms with Crippen LogP contribution in [0.3, 0.4) is 0 Å². The highest BCUT2D eigenvalue weighted by Gasteiger charge is 2.32. The van der Waals surface area contributed by atoms with Crippen LogP contribution in [0.25, 0.3) is 0 Å². The Kier molecular flexibility index (Phi) is 4.62. The fourth-order valence-electron chi connectivity index (χ4n) is 3.14. The summed E-state index contributed by atoms with van der Waals surface area (Å²) < 4.78 is 6.29. The van der Waals surface area contributed by atoms with Crippen LogP contribution in [0.4, 0.5) is 0 Å². The second kappa shape index (κ2) is 6.46. The normalized spacial score (nSPS) is 23.5. The molecule has 21 heavy (non-hydrogen) atoms. The van der Waals surface area contributed by atoms with Gasteiger partial charge in [0.1, 0.15) is 0 Å². The van der Waals surface area contributed by atoms with Crippen LogP contribution >= 0.6 is 15.9 Å². The van der Waals surface area contributed by atoms with Gasteiger partial charge in [0.15, 0.2) is 0 Å². The van der Waals surface area contributed by atoms with Gasteiger partial charge in [0.25, 0.3) is 5.91 Å². The van der Waals surface area contributed by atoms with E-state index in [-0.39, 0.29) is 5.91 Å². The van der Waals surface area contributed by atoms with Gasteiger partial charge in [-0.15, -0.1) is 0 Å². The molecule has 3 rings (SSSR count). The summed E-state index contributed by atoms with van der Waals surface area (Å²) in [5.41, 5.74) is 1.89. The van der Waals surface area contributed by atoms with E-state index in [2.05, 4.69) is 20.8 Å². The molecule has 2 heterocycles. The Morgan fingerprint density at radius 2 is 2.05 bits per heavy atom. The first-order valence-corrected chi connectivity index (χ1v) is 8.31. The molecule has 1 atom stereocenters. The van der Waals surface area contributed by atoms with E-state index in [1.165, 1.54) is 0 Å². The van der Waals surface area contributed by atoms with Crippen molar-refractivity contribution in [3.63, 3.8) is 0 Å². The number of morpholine rings is 1. The third-order valence-corrected chi connectivity index (χ3v) is 5.06. The summed E-state index contributed by atoms with van der Waals surface area (Å²) in [7, 11) is 0. The second-order valence-corrected chi connectivity index (χ2v) is 6.68. The Labute approximate surface area is 134 Å². The van der Waals surface area contributed by atoms with Crippen LogP contribution in [0.15, 0.2) is 22.7 Å². The highest BCUT2D eigenvalue weighted by atomic mass is 79.9. The molecule has 114 valence electrons. The molecule has 0 bridgehead atoms. The lowest BCUT2D eigenvalue weighted by Crippen LogP contribution is -2.45. The van der Waals surface area contributed by atoms with Crippen molar-refractivity contribution in [3.05, 3.63) is 33.8 Å². The predicted octanol–water partition coefficient (Wildman–Crippen LogP) is 2.30. The van der Waals surface area contributed by atoms with Crippen LogP contribution in [-0.2, 0) is 4.74 Å². The molecule has 0 aromatic heterocycles. The van der Waals surface area contributed by atoms with Crippen LogP contribution in [0.5, 0.6) is 0 Å². The van der Waals surface area contributed by atoms with Gasteiger partial charge in [-0.05, 0) is 41.4 Å². The minimum Gasteiger partial charge on any atom is -0.379 e. The zero-order valence-electron chi connectivity index (χ0n) is 12.3. The zero-order chi connectivity index (χ0) is 14.8. The summed E-state index contributed by atoms with van der Waals surface area (Å²) in [5, 5.41) is 0. The van der Waals surface area contributed by atoms with E-state index in [0.29, 0.717) is 6.04 Å². The summed E-state index contributed by atoms with van der Waals surface area (Å²) >= 11 is 3.50. The van der Waals surface area contributed by atoms with Crippen molar-refractivity contribution in [1.29, 1.82) is 0 Å². The Hall–Kier alpha value is -0.910. The topological polar surface area (TPSA) is 32.8 Å². The lowest BCUT2D eigenvalue weighted by molar-refractivity contribution is 0.0185. The first kappa shape index (κ1) is 15.0. The van der Waals surface area contributed by atoms with Gasteiger partial charge < -0.3 is 9.64 Å². The smallest absolute Gasteiger partial charge is 0.255 e. The molecule has 4 nitrogen and oxygen atoms in total. The van der Waals surface area contributed by atoms with Crippen molar-refractivity contribution in [2.45, 2.75) is 19.4 Å². The number of carbonyl (C=O) groups is 1. The summed E-state index contributed by atoms with van der Waals surface area (Å²) in [6, 6.07) is 6.43. The number of hydrogen-bond donors (Lipinski definition) is 0. The lowest BCUT2D eigenvalue weighted by atomic mass is 10.1. The Morgan fingerprint density at radius 3 is 2.81 bits per heavy atom. The fourth-order valence-corrected chi connectivity index (χ4v) is 3.56. The number of aryl methyl sites for hydroxylation is 1. The molecule has 0 N–H and O–H groups in total. The fraction of sp³-hybridized carbons (Fsp3) is 0.562. The zero-order valence-corrected chi connectivity index (χ0v) is 13.9. The SMILES string of the molecule is Cc1ccc(Br)c(C(=O)N2CCC(N3CCOCC3)C2)c1. The molecule has 2 fully saturated rings. The molecule has 2 saturated heterocycles. The summed E-state index contributed by atoms with van der Waals surface area (Å²) in [4.78, 5) is 17.1. The number of amides is 1. The standard InChI is InChI=1S/C16H21BrN2O2/c1-12-2-3-15(17)14(10-12)16(20)19-5-4-13(11-19)18-6-8-21-9-7-18/h2-3,10,13H,4-9,11H2,1H3. The van der Waals surface area contributed by atoms with Crippen LogP contribution in [0.2, 0.25) is 0 Å². The number of nitrogens with zero attached hydrogens (tertiary/aromatic N) is 2. The Morgan fingerprint density at radius 1 is 1.29 bits per heavy atom. The van der Waals surface area contributed by atoms with Gasteiger partial charge in [-0.25, -0.2) is 0 Å². The molecule has 5 heteroatoms.